The van der Waals surface area contributed by atoms with Crippen LogP contribution in [0.15, 0.2) is 60.6 Å². The summed E-state index contributed by atoms with van der Waals surface area (Å²) in [6.45, 7) is 1.93. The SMILES string of the molecule is O=C1C(c2ccccc2)=C(N2CCCCC2)C(=O)N1Cc1ccncc1. The molecule has 26 heavy (non-hydrogen) atoms. The van der Waals surface area contributed by atoms with Gasteiger partial charge in [-0.2, -0.15) is 0 Å². The third kappa shape index (κ3) is 3.01. The third-order valence-electron chi connectivity index (χ3n) is 4.97. The molecule has 0 spiro atoms. The number of imide groups is 1. The third-order valence-corrected chi connectivity index (χ3v) is 4.97. The smallest absolute Gasteiger partial charge is 0.278 e. The van der Waals surface area contributed by atoms with Crippen molar-refractivity contribution in [2.24, 2.45) is 0 Å². The van der Waals surface area contributed by atoms with E-state index < -0.39 is 0 Å². The Labute approximate surface area is 152 Å². The van der Waals surface area contributed by atoms with Gasteiger partial charge in [0.2, 0.25) is 0 Å². The van der Waals surface area contributed by atoms with Crippen LogP contribution >= 0.6 is 0 Å². The van der Waals surface area contributed by atoms with Gasteiger partial charge in [0.15, 0.2) is 0 Å². The number of hydrogen-bond acceptors (Lipinski definition) is 4. The van der Waals surface area contributed by atoms with Gasteiger partial charge >= 0.3 is 0 Å². The highest BCUT2D eigenvalue weighted by Gasteiger charge is 2.41. The molecule has 0 N–H and O–H groups in total. The highest BCUT2D eigenvalue weighted by atomic mass is 16.2. The Hall–Kier alpha value is -2.95. The van der Waals surface area contributed by atoms with Crippen molar-refractivity contribution in [3.63, 3.8) is 0 Å². The zero-order chi connectivity index (χ0) is 17.9. The number of amides is 2. The van der Waals surface area contributed by atoms with Crippen LogP contribution in [0.1, 0.15) is 30.4 Å². The lowest BCUT2D eigenvalue weighted by molar-refractivity contribution is -0.138. The van der Waals surface area contributed by atoms with Crippen LogP contribution in [0.2, 0.25) is 0 Å². The first kappa shape index (κ1) is 16.5. The van der Waals surface area contributed by atoms with Gasteiger partial charge in [0.1, 0.15) is 5.70 Å². The lowest BCUT2D eigenvalue weighted by Gasteiger charge is -2.29. The maximum absolute atomic E-state index is 13.2. The summed E-state index contributed by atoms with van der Waals surface area (Å²) in [4.78, 5) is 33.8. The van der Waals surface area contributed by atoms with Crippen molar-refractivity contribution in [1.82, 2.24) is 14.8 Å². The summed E-state index contributed by atoms with van der Waals surface area (Å²) in [6.07, 6.45) is 6.64. The summed E-state index contributed by atoms with van der Waals surface area (Å²) in [5, 5.41) is 0. The normalized spacial score (nSPS) is 18.0. The predicted octanol–water partition coefficient (Wildman–Crippen LogP) is 2.85. The minimum Gasteiger partial charge on any atom is -0.366 e. The van der Waals surface area contributed by atoms with Crippen LogP contribution in [-0.4, -0.2) is 39.7 Å². The van der Waals surface area contributed by atoms with Gasteiger partial charge in [0.05, 0.1) is 12.1 Å². The molecule has 1 aromatic heterocycles. The van der Waals surface area contributed by atoms with E-state index in [9.17, 15) is 9.59 Å². The average molecular weight is 347 g/mol. The van der Waals surface area contributed by atoms with Crippen molar-refractivity contribution in [3.05, 3.63) is 71.7 Å². The van der Waals surface area contributed by atoms with Gasteiger partial charge in [-0.1, -0.05) is 30.3 Å². The highest BCUT2D eigenvalue weighted by Crippen LogP contribution is 2.33. The Bertz CT molecular complexity index is 840. The van der Waals surface area contributed by atoms with Crippen LogP contribution in [0, 0.1) is 0 Å². The molecule has 5 heteroatoms. The molecular weight excluding hydrogens is 326 g/mol. The summed E-state index contributed by atoms with van der Waals surface area (Å²) in [6, 6.07) is 13.2. The van der Waals surface area contributed by atoms with Crippen molar-refractivity contribution in [2.45, 2.75) is 25.8 Å². The number of carbonyl (C=O) groups excluding carboxylic acids is 2. The first-order chi connectivity index (χ1) is 12.8. The number of benzene rings is 1. The van der Waals surface area contributed by atoms with Crippen molar-refractivity contribution in [1.29, 1.82) is 0 Å². The Balaban J connectivity index is 1.73. The van der Waals surface area contributed by atoms with E-state index in [1.165, 1.54) is 11.3 Å². The topological polar surface area (TPSA) is 53.5 Å². The van der Waals surface area contributed by atoms with Crippen molar-refractivity contribution in [3.8, 4) is 0 Å². The van der Waals surface area contributed by atoms with Crippen molar-refractivity contribution in [2.75, 3.05) is 13.1 Å². The maximum Gasteiger partial charge on any atom is 0.278 e. The molecule has 2 aromatic rings. The first-order valence-corrected chi connectivity index (χ1v) is 9.05. The fourth-order valence-electron chi connectivity index (χ4n) is 3.65. The lowest BCUT2D eigenvalue weighted by atomic mass is 10.0. The molecule has 1 saturated heterocycles. The molecular formula is C21H21N3O2. The fourth-order valence-corrected chi connectivity index (χ4v) is 3.65. The largest absolute Gasteiger partial charge is 0.366 e. The standard InChI is InChI=1S/C21H21N3O2/c25-20-18(17-7-3-1-4-8-17)19(23-13-5-2-6-14-23)21(26)24(20)15-16-9-11-22-12-10-16/h1,3-4,7-12H,2,5-6,13-15H2. The van der Waals surface area contributed by atoms with E-state index in [0.29, 0.717) is 11.3 Å². The van der Waals surface area contributed by atoms with E-state index in [1.54, 1.807) is 12.4 Å². The molecule has 0 atom stereocenters. The first-order valence-electron chi connectivity index (χ1n) is 9.05. The predicted molar refractivity (Wildman–Crippen MR) is 98.6 cm³/mol. The fraction of sp³-hybridized carbons (Fsp3) is 0.286. The number of aromatic nitrogens is 1. The molecule has 0 bridgehead atoms. The van der Waals surface area contributed by atoms with Gasteiger partial charge in [-0.3, -0.25) is 19.5 Å². The summed E-state index contributed by atoms with van der Waals surface area (Å²) in [7, 11) is 0. The van der Waals surface area contributed by atoms with E-state index >= 15 is 0 Å². The number of hydrogen-bond donors (Lipinski definition) is 0. The molecule has 1 fully saturated rings. The zero-order valence-electron chi connectivity index (χ0n) is 14.6. The van der Waals surface area contributed by atoms with E-state index in [-0.39, 0.29) is 18.4 Å². The van der Waals surface area contributed by atoms with Crippen molar-refractivity contribution >= 4 is 17.4 Å². The summed E-state index contributed by atoms with van der Waals surface area (Å²) in [5.41, 5.74) is 2.80. The summed E-state index contributed by atoms with van der Waals surface area (Å²) < 4.78 is 0. The van der Waals surface area contributed by atoms with E-state index in [0.717, 1.165) is 37.1 Å². The lowest BCUT2D eigenvalue weighted by Crippen LogP contribution is -2.36. The molecule has 4 rings (SSSR count). The van der Waals surface area contributed by atoms with Gasteiger partial charge in [-0.15, -0.1) is 0 Å². The van der Waals surface area contributed by atoms with Gasteiger partial charge in [0.25, 0.3) is 11.8 Å². The second-order valence-electron chi connectivity index (χ2n) is 6.69. The number of carbonyl (C=O) groups is 2. The quantitative estimate of drug-likeness (QED) is 0.798. The van der Waals surface area contributed by atoms with E-state index in [4.69, 9.17) is 0 Å². The molecule has 1 aromatic carbocycles. The molecule has 2 aliphatic rings. The summed E-state index contributed by atoms with van der Waals surface area (Å²) >= 11 is 0. The molecule has 5 nitrogen and oxygen atoms in total. The average Bonchev–Trinajstić information content (AvgIpc) is 2.95. The van der Waals surface area contributed by atoms with Gasteiger partial charge in [-0.05, 0) is 42.5 Å². The minimum absolute atomic E-state index is 0.187. The van der Waals surface area contributed by atoms with Crippen LogP contribution in [0.5, 0.6) is 0 Å². The van der Waals surface area contributed by atoms with Crippen LogP contribution in [0.25, 0.3) is 5.57 Å². The Morgan fingerprint density at radius 1 is 0.846 bits per heavy atom. The number of likely N-dealkylation sites (tertiary alicyclic amines) is 1. The molecule has 2 amide bonds. The molecule has 132 valence electrons. The Morgan fingerprint density at radius 2 is 1.54 bits per heavy atom. The number of rotatable bonds is 4. The molecule has 0 aliphatic carbocycles. The zero-order valence-corrected chi connectivity index (χ0v) is 14.6. The van der Waals surface area contributed by atoms with Crippen LogP contribution in [0.3, 0.4) is 0 Å². The monoisotopic (exact) mass is 347 g/mol. The van der Waals surface area contributed by atoms with E-state index in [2.05, 4.69) is 9.88 Å². The molecule has 0 radical (unpaired) electrons. The minimum atomic E-state index is -0.210. The molecule has 0 saturated carbocycles. The number of nitrogens with zero attached hydrogens (tertiary/aromatic N) is 3. The summed E-state index contributed by atoms with van der Waals surface area (Å²) in [5.74, 6) is -0.397. The number of pyridine rings is 1. The second kappa shape index (κ2) is 7.12. The Morgan fingerprint density at radius 3 is 2.23 bits per heavy atom. The molecule has 2 aliphatic heterocycles. The van der Waals surface area contributed by atoms with Crippen LogP contribution in [0.4, 0.5) is 0 Å². The molecule has 0 unspecified atom stereocenters. The highest BCUT2D eigenvalue weighted by molar-refractivity contribution is 6.35. The Kier molecular flexibility index (Phi) is 4.52. The number of piperidine rings is 1. The van der Waals surface area contributed by atoms with Crippen molar-refractivity contribution < 1.29 is 9.59 Å². The molecule has 3 heterocycles. The van der Waals surface area contributed by atoms with Gasteiger partial charge in [0, 0.05) is 25.5 Å². The van der Waals surface area contributed by atoms with Gasteiger partial charge < -0.3 is 4.90 Å². The van der Waals surface area contributed by atoms with E-state index in [1.807, 2.05) is 42.5 Å². The van der Waals surface area contributed by atoms with Gasteiger partial charge in [-0.25, -0.2) is 0 Å². The second-order valence-corrected chi connectivity index (χ2v) is 6.69. The maximum atomic E-state index is 13.2. The van der Waals surface area contributed by atoms with Crippen LogP contribution < -0.4 is 0 Å². The van der Waals surface area contributed by atoms with Crippen LogP contribution in [-0.2, 0) is 16.1 Å².